The maximum Gasteiger partial charge on any atom is 0.303 e. The Morgan fingerprint density at radius 1 is 1.25 bits per heavy atom. The molecule has 16 heavy (non-hydrogen) atoms. The average molecular weight is 232 g/mol. The van der Waals surface area contributed by atoms with Gasteiger partial charge < -0.3 is 21.7 Å². The number of carboxylic acids is 2. The lowest BCUT2D eigenvalue weighted by Crippen LogP contribution is -2.17. The van der Waals surface area contributed by atoms with Gasteiger partial charge in [-0.3, -0.25) is 9.59 Å². The summed E-state index contributed by atoms with van der Waals surface area (Å²) in [5.41, 5.74) is 10.4. The van der Waals surface area contributed by atoms with E-state index in [1.54, 1.807) is 6.08 Å². The number of rotatable bonds is 7. The summed E-state index contributed by atoms with van der Waals surface area (Å²) >= 11 is 0. The highest BCUT2D eigenvalue weighted by atomic mass is 16.4. The van der Waals surface area contributed by atoms with Gasteiger partial charge in [0.1, 0.15) is 0 Å². The zero-order valence-electron chi connectivity index (χ0n) is 9.26. The van der Waals surface area contributed by atoms with E-state index >= 15 is 0 Å². The Balaban J connectivity index is 0. The molecular formula is C10H20N2O4. The fourth-order valence-electron chi connectivity index (χ4n) is 0.661. The van der Waals surface area contributed by atoms with E-state index in [2.05, 4.69) is 6.58 Å². The minimum absolute atomic E-state index is 0.118. The largest absolute Gasteiger partial charge is 0.481 e. The third-order valence-electron chi connectivity index (χ3n) is 1.59. The molecule has 94 valence electrons. The Morgan fingerprint density at radius 3 is 2.00 bits per heavy atom. The highest BCUT2D eigenvalue weighted by Gasteiger charge is 1.99. The first-order valence-electron chi connectivity index (χ1n) is 4.95. The maximum atomic E-state index is 9.93. The summed E-state index contributed by atoms with van der Waals surface area (Å²) in [6.45, 7) is 3.89. The molecule has 1 atom stereocenters. The van der Waals surface area contributed by atoms with Crippen LogP contribution in [0.4, 0.5) is 0 Å². The number of carbonyl (C=O) groups is 2. The van der Waals surface area contributed by atoms with E-state index in [0.29, 0.717) is 19.4 Å². The quantitative estimate of drug-likeness (QED) is 0.463. The Kier molecular flexibility index (Phi) is 12.4. The molecule has 6 N–H and O–H groups in total. The zero-order valence-corrected chi connectivity index (χ0v) is 9.26. The van der Waals surface area contributed by atoms with Crippen LogP contribution >= 0.6 is 0 Å². The molecule has 0 aromatic carbocycles. The van der Waals surface area contributed by atoms with E-state index in [9.17, 15) is 9.59 Å². The molecule has 0 bridgehead atoms. The molecule has 0 heterocycles. The van der Waals surface area contributed by atoms with Crippen LogP contribution in [0.5, 0.6) is 0 Å². The van der Waals surface area contributed by atoms with Crippen LogP contribution < -0.4 is 11.5 Å². The van der Waals surface area contributed by atoms with Crippen molar-refractivity contribution in [2.75, 3.05) is 6.54 Å². The summed E-state index contributed by atoms with van der Waals surface area (Å²) in [6.07, 6.45) is 2.90. The van der Waals surface area contributed by atoms with Gasteiger partial charge in [0.05, 0.1) is 0 Å². The van der Waals surface area contributed by atoms with Crippen molar-refractivity contribution in [3.8, 4) is 0 Å². The van der Waals surface area contributed by atoms with E-state index in [4.69, 9.17) is 21.7 Å². The molecule has 0 spiro atoms. The molecule has 0 saturated heterocycles. The van der Waals surface area contributed by atoms with E-state index in [1.165, 1.54) is 0 Å². The molecule has 0 radical (unpaired) electrons. The number of aliphatic carboxylic acids is 2. The minimum Gasteiger partial charge on any atom is -0.481 e. The maximum absolute atomic E-state index is 9.93. The topological polar surface area (TPSA) is 127 Å². The molecule has 6 nitrogen and oxygen atoms in total. The first-order valence-corrected chi connectivity index (χ1v) is 4.95. The van der Waals surface area contributed by atoms with Crippen LogP contribution in [0.3, 0.4) is 0 Å². The lowest BCUT2D eigenvalue weighted by atomic mass is 10.2. The van der Waals surface area contributed by atoms with Gasteiger partial charge in [-0.05, 0) is 19.4 Å². The summed E-state index contributed by atoms with van der Waals surface area (Å²) in [6, 6.07) is -0.180. The van der Waals surface area contributed by atoms with Crippen molar-refractivity contribution in [1.82, 2.24) is 0 Å². The van der Waals surface area contributed by atoms with Gasteiger partial charge in [0, 0.05) is 18.9 Å². The van der Waals surface area contributed by atoms with Gasteiger partial charge >= 0.3 is 11.9 Å². The number of carboxylic acid groups (broad SMARTS) is 2. The highest BCUT2D eigenvalue weighted by molar-refractivity contribution is 5.66. The molecule has 0 saturated carbocycles. The number of nitrogens with two attached hydrogens (primary N) is 2. The highest BCUT2D eigenvalue weighted by Crippen LogP contribution is 1.93. The molecule has 0 fully saturated rings. The monoisotopic (exact) mass is 232 g/mol. The van der Waals surface area contributed by atoms with Crippen LogP contribution in [0.2, 0.25) is 0 Å². The predicted molar refractivity (Wildman–Crippen MR) is 61.0 cm³/mol. The Hall–Kier alpha value is -1.40. The number of hydrogen-bond acceptors (Lipinski definition) is 4. The summed E-state index contributed by atoms with van der Waals surface area (Å²) in [5.74, 6) is -1.59. The number of hydrogen-bond donors (Lipinski definition) is 4. The molecule has 0 aliphatic carbocycles. The van der Waals surface area contributed by atoms with Crippen molar-refractivity contribution in [2.24, 2.45) is 11.5 Å². The first-order chi connectivity index (χ1) is 7.43. The van der Waals surface area contributed by atoms with Crippen molar-refractivity contribution in [2.45, 2.75) is 31.7 Å². The molecule has 1 unspecified atom stereocenters. The molecular weight excluding hydrogens is 212 g/mol. The van der Waals surface area contributed by atoms with Crippen LogP contribution in [0.25, 0.3) is 0 Å². The Morgan fingerprint density at radius 2 is 1.75 bits per heavy atom. The first kappa shape index (κ1) is 17.0. The van der Waals surface area contributed by atoms with Crippen LogP contribution in [0, 0.1) is 0 Å². The van der Waals surface area contributed by atoms with Gasteiger partial charge in [-0.25, -0.2) is 0 Å². The van der Waals surface area contributed by atoms with Crippen molar-refractivity contribution < 1.29 is 19.8 Å². The summed E-state index contributed by atoms with van der Waals surface area (Å²) in [7, 11) is 0. The Labute approximate surface area is 94.9 Å². The van der Waals surface area contributed by atoms with Gasteiger partial charge in [0.15, 0.2) is 0 Å². The second-order valence-corrected chi connectivity index (χ2v) is 3.12. The minimum atomic E-state index is -0.813. The van der Waals surface area contributed by atoms with Crippen molar-refractivity contribution in [3.63, 3.8) is 0 Å². The third-order valence-corrected chi connectivity index (χ3v) is 1.59. The van der Waals surface area contributed by atoms with Crippen LogP contribution in [-0.4, -0.2) is 34.7 Å². The normalized spacial score (nSPS) is 10.9. The fraction of sp³-hybridized carbons (Fsp3) is 0.600. The predicted octanol–water partition coefficient (Wildman–Crippen LogP) is 0.174. The second kappa shape index (κ2) is 11.7. The molecule has 0 aliphatic heterocycles. The van der Waals surface area contributed by atoms with E-state index in [-0.39, 0.29) is 18.9 Å². The van der Waals surface area contributed by atoms with Gasteiger partial charge in [-0.1, -0.05) is 6.08 Å². The molecule has 0 rings (SSSR count). The summed E-state index contributed by atoms with van der Waals surface area (Å²) in [4.78, 5) is 19.6. The summed E-state index contributed by atoms with van der Waals surface area (Å²) < 4.78 is 0. The van der Waals surface area contributed by atoms with E-state index in [1.807, 2.05) is 0 Å². The molecule has 0 aromatic heterocycles. The van der Waals surface area contributed by atoms with Crippen molar-refractivity contribution in [1.29, 1.82) is 0 Å². The molecule has 0 aliphatic rings. The standard InChI is InChI=1S/C6H11NO2.C4H9NO2/c1-2-5(7)3-4-6(8)9;5-3-1-2-4(6)7/h2,5H,1,3-4,7H2,(H,8,9);1-3,5H2,(H,6,7). The van der Waals surface area contributed by atoms with Crippen LogP contribution in [0.15, 0.2) is 12.7 Å². The van der Waals surface area contributed by atoms with Gasteiger partial charge in [-0.2, -0.15) is 0 Å². The molecule has 0 aromatic rings. The fourth-order valence-corrected chi connectivity index (χ4v) is 0.661. The van der Waals surface area contributed by atoms with Gasteiger partial charge in [0.25, 0.3) is 0 Å². The third kappa shape index (κ3) is 18.4. The SMILES string of the molecule is C=CC(N)CCC(=O)O.NCCCC(=O)O. The van der Waals surface area contributed by atoms with E-state index in [0.717, 1.165) is 0 Å². The Bertz CT molecular complexity index is 219. The van der Waals surface area contributed by atoms with E-state index < -0.39 is 11.9 Å². The molecule has 6 heteroatoms. The van der Waals surface area contributed by atoms with Crippen LogP contribution in [0.1, 0.15) is 25.7 Å². The second-order valence-electron chi connectivity index (χ2n) is 3.12. The lowest BCUT2D eigenvalue weighted by Gasteiger charge is -2.00. The lowest BCUT2D eigenvalue weighted by molar-refractivity contribution is -0.138. The summed E-state index contributed by atoms with van der Waals surface area (Å²) in [5, 5.41) is 16.2. The van der Waals surface area contributed by atoms with Crippen molar-refractivity contribution >= 4 is 11.9 Å². The van der Waals surface area contributed by atoms with Crippen molar-refractivity contribution in [3.05, 3.63) is 12.7 Å². The molecule has 0 amide bonds. The van der Waals surface area contributed by atoms with Crippen LogP contribution in [-0.2, 0) is 9.59 Å². The average Bonchev–Trinajstić information content (AvgIpc) is 2.23. The smallest absolute Gasteiger partial charge is 0.303 e. The van der Waals surface area contributed by atoms with Gasteiger partial charge in [0.2, 0.25) is 0 Å². The van der Waals surface area contributed by atoms with Gasteiger partial charge in [-0.15, -0.1) is 6.58 Å². The zero-order chi connectivity index (χ0) is 13.0.